The number of benzene rings is 2. The van der Waals surface area contributed by atoms with Gasteiger partial charge >= 0.3 is 5.97 Å². The monoisotopic (exact) mass is 434 g/mol. The van der Waals surface area contributed by atoms with Gasteiger partial charge in [-0.25, -0.2) is 9.79 Å². The topological polar surface area (TPSA) is 81.8 Å². The summed E-state index contributed by atoms with van der Waals surface area (Å²) >= 11 is 2.19. The van der Waals surface area contributed by atoms with Crippen molar-refractivity contribution in [3.63, 3.8) is 0 Å². The zero-order chi connectivity index (χ0) is 17.3. The highest BCUT2D eigenvalue weighted by Gasteiger charge is 2.25. The molecule has 0 fully saturated rings. The number of cyclic esters (lactones) is 1. The number of hydrogen-bond donors (Lipinski definition) is 0. The van der Waals surface area contributed by atoms with E-state index in [-0.39, 0.29) is 17.3 Å². The first-order chi connectivity index (χ1) is 11.4. The molecule has 0 saturated heterocycles. The van der Waals surface area contributed by atoms with E-state index in [2.05, 4.69) is 27.6 Å². The molecule has 24 heavy (non-hydrogen) atoms. The molecule has 0 aliphatic carbocycles. The molecular weight excluding hydrogens is 423 g/mol. The fraction of sp³-hybridized carbons (Fsp3) is 0.0588. The average molecular weight is 434 g/mol. The van der Waals surface area contributed by atoms with Crippen molar-refractivity contribution in [1.29, 1.82) is 0 Å². The number of rotatable bonds is 3. The van der Waals surface area contributed by atoms with E-state index in [0.29, 0.717) is 11.1 Å². The highest BCUT2D eigenvalue weighted by molar-refractivity contribution is 14.1. The normalized spacial score (nSPS) is 15.3. The van der Waals surface area contributed by atoms with Crippen LogP contribution in [0.1, 0.15) is 16.7 Å². The summed E-state index contributed by atoms with van der Waals surface area (Å²) in [4.78, 5) is 26.7. The number of nitro groups is 1. The molecule has 1 heterocycles. The van der Waals surface area contributed by atoms with E-state index in [1.54, 1.807) is 25.1 Å². The molecule has 0 N–H and O–H groups in total. The van der Waals surface area contributed by atoms with Gasteiger partial charge in [0.25, 0.3) is 5.69 Å². The number of ether oxygens (including phenoxy) is 1. The van der Waals surface area contributed by atoms with Gasteiger partial charge in [-0.2, -0.15) is 0 Å². The molecule has 2 aromatic rings. The molecule has 1 aliphatic rings. The Morgan fingerprint density at radius 2 is 1.92 bits per heavy atom. The molecular formula is C17H11IN2O4. The van der Waals surface area contributed by atoms with Crippen molar-refractivity contribution in [2.45, 2.75) is 6.92 Å². The predicted octanol–water partition coefficient (Wildman–Crippen LogP) is 3.85. The summed E-state index contributed by atoms with van der Waals surface area (Å²) in [6, 6.07) is 12.2. The van der Waals surface area contributed by atoms with Crippen LogP contribution in [0.3, 0.4) is 0 Å². The van der Waals surface area contributed by atoms with Crippen LogP contribution in [0.2, 0.25) is 0 Å². The number of nitro benzene ring substituents is 1. The van der Waals surface area contributed by atoms with Crippen molar-refractivity contribution in [2.24, 2.45) is 4.99 Å². The van der Waals surface area contributed by atoms with E-state index in [9.17, 15) is 14.9 Å². The van der Waals surface area contributed by atoms with Crippen molar-refractivity contribution in [1.82, 2.24) is 0 Å². The predicted molar refractivity (Wildman–Crippen MR) is 97.6 cm³/mol. The first-order valence-corrected chi connectivity index (χ1v) is 8.05. The van der Waals surface area contributed by atoms with E-state index in [0.717, 1.165) is 9.13 Å². The third kappa shape index (κ3) is 3.35. The summed E-state index contributed by atoms with van der Waals surface area (Å²) in [5.41, 5.74) is 1.87. The third-order valence-electron chi connectivity index (χ3n) is 3.45. The van der Waals surface area contributed by atoms with Crippen molar-refractivity contribution >= 4 is 46.2 Å². The SMILES string of the molecule is Cc1ccc(C2=N/C(=C/c3ccc(I)cc3)C(=O)O2)cc1[N+](=O)[O-]. The van der Waals surface area contributed by atoms with E-state index < -0.39 is 10.9 Å². The standard InChI is InChI=1S/C17H11IN2O4/c1-10-2-5-12(9-15(10)20(22)23)16-19-14(17(21)24-16)8-11-3-6-13(18)7-4-11/h2-9H,1H3/b14-8+. The molecule has 7 heteroatoms. The lowest BCUT2D eigenvalue weighted by Crippen LogP contribution is -2.06. The molecule has 1 aliphatic heterocycles. The summed E-state index contributed by atoms with van der Waals surface area (Å²) in [6.45, 7) is 1.65. The van der Waals surface area contributed by atoms with E-state index in [4.69, 9.17) is 4.74 Å². The van der Waals surface area contributed by atoms with E-state index >= 15 is 0 Å². The van der Waals surface area contributed by atoms with Crippen LogP contribution in [0.5, 0.6) is 0 Å². The molecule has 0 amide bonds. The minimum Gasteiger partial charge on any atom is -0.402 e. The Morgan fingerprint density at radius 3 is 2.58 bits per heavy atom. The van der Waals surface area contributed by atoms with Gasteiger partial charge in [-0.3, -0.25) is 10.1 Å². The van der Waals surface area contributed by atoms with Crippen LogP contribution in [0.4, 0.5) is 5.69 Å². The molecule has 2 aromatic carbocycles. The largest absolute Gasteiger partial charge is 0.402 e. The molecule has 0 unspecified atom stereocenters. The number of esters is 1. The van der Waals surface area contributed by atoms with E-state index in [1.165, 1.54) is 6.07 Å². The third-order valence-corrected chi connectivity index (χ3v) is 4.17. The lowest BCUT2D eigenvalue weighted by Gasteiger charge is -2.01. The van der Waals surface area contributed by atoms with Crippen LogP contribution in [-0.4, -0.2) is 16.8 Å². The second kappa shape index (κ2) is 6.52. The molecule has 0 saturated carbocycles. The van der Waals surface area contributed by atoms with Crippen LogP contribution in [0, 0.1) is 20.6 Å². The second-order valence-corrected chi connectivity index (χ2v) is 6.39. The Balaban J connectivity index is 1.96. The van der Waals surface area contributed by atoms with Crippen molar-refractivity contribution in [3.05, 3.63) is 78.5 Å². The molecule has 0 atom stereocenters. The zero-order valence-corrected chi connectivity index (χ0v) is 14.7. The molecule has 0 radical (unpaired) electrons. The summed E-state index contributed by atoms with van der Waals surface area (Å²) < 4.78 is 6.23. The Bertz CT molecular complexity index is 901. The summed E-state index contributed by atoms with van der Waals surface area (Å²) in [5, 5.41) is 11.0. The van der Waals surface area contributed by atoms with Gasteiger partial charge < -0.3 is 4.74 Å². The van der Waals surface area contributed by atoms with Gasteiger partial charge in [-0.05, 0) is 59.4 Å². The van der Waals surface area contributed by atoms with Gasteiger partial charge in [0.2, 0.25) is 5.90 Å². The summed E-state index contributed by atoms with van der Waals surface area (Å²) in [5.74, 6) is -0.508. The maximum Gasteiger partial charge on any atom is 0.363 e. The van der Waals surface area contributed by atoms with Gasteiger partial charge in [0.15, 0.2) is 5.70 Å². The lowest BCUT2D eigenvalue weighted by molar-refractivity contribution is -0.385. The molecule has 0 aromatic heterocycles. The van der Waals surface area contributed by atoms with Crippen molar-refractivity contribution < 1.29 is 14.5 Å². The highest BCUT2D eigenvalue weighted by Crippen LogP contribution is 2.24. The lowest BCUT2D eigenvalue weighted by atomic mass is 10.1. The number of carbonyl (C=O) groups is 1. The number of aryl methyl sites for hydroxylation is 1. The first-order valence-electron chi connectivity index (χ1n) is 6.97. The minimum atomic E-state index is -0.577. The number of halogens is 1. The Hall–Kier alpha value is -2.55. The van der Waals surface area contributed by atoms with Gasteiger partial charge in [0.05, 0.1) is 4.92 Å². The molecule has 120 valence electrons. The maximum absolute atomic E-state index is 12.0. The summed E-state index contributed by atoms with van der Waals surface area (Å²) in [7, 11) is 0. The average Bonchev–Trinajstić information content (AvgIpc) is 2.90. The van der Waals surface area contributed by atoms with Gasteiger partial charge in [0, 0.05) is 20.8 Å². The van der Waals surface area contributed by atoms with E-state index in [1.807, 2.05) is 24.3 Å². The quantitative estimate of drug-likeness (QED) is 0.242. The van der Waals surface area contributed by atoms with Crippen molar-refractivity contribution in [3.8, 4) is 0 Å². The molecule has 0 spiro atoms. The fourth-order valence-corrected chi connectivity index (χ4v) is 2.55. The van der Waals surface area contributed by atoms with Gasteiger partial charge in [-0.1, -0.05) is 18.2 Å². The Morgan fingerprint density at radius 1 is 1.21 bits per heavy atom. The molecule has 6 nitrogen and oxygen atoms in total. The van der Waals surface area contributed by atoms with Gasteiger partial charge in [0.1, 0.15) is 0 Å². The smallest absolute Gasteiger partial charge is 0.363 e. The summed E-state index contributed by atoms with van der Waals surface area (Å²) in [6.07, 6.45) is 1.62. The van der Waals surface area contributed by atoms with Crippen LogP contribution in [0.25, 0.3) is 6.08 Å². The van der Waals surface area contributed by atoms with Crippen molar-refractivity contribution in [2.75, 3.05) is 0 Å². The number of carbonyl (C=O) groups excluding carboxylic acids is 1. The number of nitrogens with zero attached hydrogens (tertiary/aromatic N) is 2. The molecule has 3 rings (SSSR count). The van der Waals surface area contributed by atoms with Crippen LogP contribution < -0.4 is 0 Å². The van der Waals surface area contributed by atoms with Crippen LogP contribution in [0.15, 0.2) is 53.2 Å². The maximum atomic E-state index is 12.0. The van der Waals surface area contributed by atoms with Gasteiger partial charge in [-0.15, -0.1) is 0 Å². The highest BCUT2D eigenvalue weighted by atomic mass is 127. The Kier molecular flexibility index (Phi) is 4.43. The number of aliphatic imine (C=N–C) groups is 1. The first kappa shape index (κ1) is 16.3. The fourth-order valence-electron chi connectivity index (χ4n) is 2.19. The van der Waals surface area contributed by atoms with Crippen LogP contribution >= 0.6 is 22.6 Å². The minimum absolute atomic E-state index is 0.0405. The second-order valence-electron chi connectivity index (χ2n) is 5.15. The zero-order valence-electron chi connectivity index (χ0n) is 12.5. The van der Waals surface area contributed by atoms with Crippen LogP contribution in [-0.2, 0) is 9.53 Å². The molecule has 0 bridgehead atoms. The number of hydrogen-bond acceptors (Lipinski definition) is 5. The Labute approximate surface area is 151 Å².